The van der Waals surface area contributed by atoms with Gasteiger partial charge in [0, 0.05) is 39.2 Å². The van der Waals surface area contributed by atoms with Crippen LogP contribution in [0.5, 0.6) is 0 Å². The Balaban J connectivity index is 1.28. The highest BCUT2D eigenvalue weighted by Gasteiger charge is 2.22. The maximum atomic E-state index is 5.31. The van der Waals surface area contributed by atoms with Gasteiger partial charge in [0.1, 0.15) is 11.6 Å². The predicted octanol–water partition coefficient (Wildman–Crippen LogP) is 12.1. The van der Waals surface area contributed by atoms with Crippen molar-refractivity contribution in [2.24, 2.45) is 0 Å². The molecule has 7 heteroatoms. The van der Waals surface area contributed by atoms with Gasteiger partial charge in [-0.15, -0.1) is 0 Å². The van der Waals surface area contributed by atoms with Crippen molar-refractivity contribution in [1.29, 1.82) is 0 Å². The van der Waals surface area contributed by atoms with Crippen LogP contribution >= 0.6 is 0 Å². The van der Waals surface area contributed by atoms with E-state index >= 15 is 0 Å². The van der Waals surface area contributed by atoms with E-state index in [9.17, 15) is 0 Å². The molecule has 0 unspecified atom stereocenters. The Morgan fingerprint density at radius 1 is 0.310 bits per heavy atom. The van der Waals surface area contributed by atoms with Crippen molar-refractivity contribution in [1.82, 2.24) is 34.1 Å². The summed E-state index contributed by atoms with van der Waals surface area (Å²) in [6.45, 7) is 8.39. The van der Waals surface area contributed by atoms with Gasteiger partial charge < -0.3 is 0 Å². The van der Waals surface area contributed by atoms with Crippen LogP contribution in [0.4, 0.5) is 0 Å². The van der Waals surface area contributed by atoms with Crippen molar-refractivity contribution in [3.05, 3.63) is 186 Å². The average Bonchev–Trinajstić information content (AvgIpc) is 3.84. The van der Waals surface area contributed by atoms with Crippen molar-refractivity contribution in [3.8, 4) is 68.3 Å². The van der Waals surface area contributed by atoms with E-state index in [0.29, 0.717) is 17.5 Å². The molecule has 0 atom stereocenters. The fraction of sp³-hybridized carbons (Fsp3) is 0.0784. The van der Waals surface area contributed by atoms with E-state index in [0.717, 1.165) is 72.9 Å². The molecular weight excluding hydrogens is 711 g/mol. The summed E-state index contributed by atoms with van der Waals surface area (Å²) in [6, 6.07) is 56.9. The molecule has 10 aromatic rings. The topological polar surface area (TPSA) is 74.3 Å². The number of hydrogen-bond donors (Lipinski definition) is 0. The SMILES string of the molecule is Cc1ccc(-c2nc(-c3ccc(C)cc3)nc(-c3cc(-c4nc5ccccc5n4-c4ccc(C)cc4)cc(-c4nc5ccccc5n4-c4ccc(C)cc4)c3)n2)cc1. The van der Waals surface area contributed by atoms with Crippen LogP contribution in [0.1, 0.15) is 22.3 Å². The number of benzene rings is 7. The minimum atomic E-state index is 0.556. The lowest BCUT2D eigenvalue weighted by Gasteiger charge is -2.15. The van der Waals surface area contributed by atoms with E-state index in [1.165, 1.54) is 22.3 Å². The quantitative estimate of drug-likeness (QED) is 0.162. The van der Waals surface area contributed by atoms with Gasteiger partial charge in [0.15, 0.2) is 17.5 Å². The molecule has 3 aromatic heterocycles. The molecule has 0 aliphatic rings. The van der Waals surface area contributed by atoms with Crippen LogP contribution in [0, 0.1) is 27.7 Å². The highest BCUT2D eigenvalue weighted by Crippen LogP contribution is 2.37. The van der Waals surface area contributed by atoms with Gasteiger partial charge in [-0.1, -0.05) is 119 Å². The first-order chi connectivity index (χ1) is 28.3. The van der Waals surface area contributed by atoms with Crippen LogP contribution in [-0.2, 0) is 0 Å². The van der Waals surface area contributed by atoms with Crippen LogP contribution in [0.3, 0.4) is 0 Å². The Morgan fingerprint density at radius 3 is 1.03 bits per heavy atom. The highest BCUT2D eigenvalue weighted by molar-refractivity contribution is 5.88. The largest absolute Gasteiger partial charge is 0.292 e. The third-order valence-electron chi connectivity index (χ3n) is 10.7. The average molecular weight is 750 g/mol. The summed E-state index contributed by atoms with van der Waals surface area (Å²) in [4.78, 5) is 26.1. The first-order valence-corrected chi connectivity index (χ1v) is 19.5. The predicted molar refractivity (Wildman–Crippen MR) is 235 cm³/mol. The molecule has 0 radical (unpaired) electrons. The second-order valence-electron chi connectivity index (χ2n) is 15.0. The standard InChI is InChI=1S/C51H39N7/c1-32-13-21-36(22-14-32)47-54-48(37-23-15-33(2)16-24-37)56-49(55-47)38-29-39(50-52-43-9-5-7-11-45(43)57(50)41-25-17-34(3)18-26-41)31-40(30-38)51-53-44-10-6-8-12-46(44)58(51)42-27-19-35(4)20-28-42/h5-31H,1-4H3. The highest BCUT2D eigenvalue weighted by atomic mass is 15.1. The smallest absolute Gasteiger partial charge is 0.164 e. The van der Waals surface area contributed by atoms with Gasteiger partial charge in [0.05, 0.1) is 22.1 Å². The van der Waals surface area contributed by atoms with Crippen LogP contribution in [-0.4, -0.2) is 34.1 Å². The number of rotatable bonds is 7. The monoisotopic (exact) mass is 749 g/mol. The molecule has 0 aliphatic heterocycles. The number of hydrogen-bond acceptors (Lipinski definition) is 5. The van der Waals surface area contributed by atoms with Crippen molar-refractivity contribution in [2.75, 3.05) is 0 Å². The van der Waals surface area contributed by atoms with Crippen molar-refractivity contribution >= 4 is 22.1 Å². The third kappa shape index (κ3) is 6.42. The van der Waals surface area contributed by atoms with Gasteiger partial charge in [0.25, 0.3) is 0 Å². The first kappa shape index (κ1) is 34.9. The van der Waals surface area contributed by atoms with Crippen molar-refractivity contribution in [2.45, 2.75) is 27.7 Å². The Morgan fingerprint density at radius 2 is 0.638 bits per heavy atom. The summed E-state index contributed by atoms with van der Waals surface area (Å²) >= 11 is 0. The Bertz CT molecular complexity index is 2910. The fourth-order valence-electron chi connectivity index (χ4n) is 7.53. The van der Waals surface area contributed by atoms with Crippen LogP contribution < -0.4 is 0 Å². The fourth-order valence-corrected chi connectivity index (χ4v) is 7.53. The summed E-state index contributed by atoms with van der Waals surface area (Å²) in [7, 11) is 0. The van der Waals surface area contributed by atoms with Crippen molar-refractivity contribution < 1.29 is 0 Å². The molecule has 0 saturated heterocycles. The molecule has 58 heavy (non-hydrogen) atoms. The first-order valence-electron chi connectivity index (χ1n) is 19.5. The van der Waals surface area contributed by atoms with Crippen LogP contribution in [0.15, 0.2) is 164 Å². The molecule has 0 aliphatic carbocycles. The van der Waals surface area contributed by atoms with E-state index < -0.39 is 0 Å². The van der Waals surface area contributed by atoms with Gasteiger partial charge in [-0.25, -0.2) is 24.9 Å². The summed E-state index contributed by atoms with van der Waals surface area (Å²) in [6.07, 6.45) is 0. The van der Waals surface area contributed by atoms with E-state index in [1.807, 2.05) is 12.1 Å². The van der Waals surface area contributed by atoms with E-state index in [4.69, 9.17) is 24.9 Å². The van der Waals surface area contributed by atoms with Gasteiger partial charge in [-0.05, 0) is 94.4 Å². The molecular formula is C51H39N7. The number of nitrogens with zero attached hydrogens (tertiary/aromatic N) is 7. The molecule has 0 amide bonds. The lowest BCUT2D eigenvalue weighted by Crippen LogP contribution is -2.03. The number of para-hydroxylation sites is 4. The van der Waals surface area contributed by atoms with Gasteiger partial charge in [-0.3, -0.25) is 9.13 Å². The Hall–Kier alpha value is -7.51. The van der Waals surface area contributed by atoms with Gasteiger partial charge in [0.2, 0.25) is 0 Å². The number of aryl methyl sites for hydroxylation is 4. The Labute approximate surface area is 337 Å². The molecule has 0 saturated carbocycles. The lowest BCUT2D eigenvalue weighted by atomic mass is 10.0. The van der Waals surface area contributed by atoms with Gasteiger partial charge in [-0.2, -0.15) is 0 Å². The number of fused-ring (bicyclic) bond motifs is 2. The zero-order valence-electron chi connectivity index (χ0n) is 32.7. The molecule has 0 bridgehead atoms. The lowest BCUT2D eigenvalue weighted by molar-refractivity contribution is 1.07. The second kappa shape index (κ2) is 14.2. The summed E-state index contributed by atoms with van der Waals surface area (Å²) in [5, 5.41) is 0. The number of aromatic nitrogens is 7. The maximum absolute atomic E-state index is 5.31. The molecule has 0 spiro atoms. The maximum Gasteiger partial charge on any atom is 0.164 e. The summed E-state index contributed by atoms with van der Waals surface area (Å²) in [5.41, 5.74) is 15.1. The summed E-state index contributed by atoms with van der Waals surface area (Å²) in [5.74, 6) is 3.37. The Kier molecular flexibility index (Phi) is 8.56. The van der Waals surface area contributed by atoms with E-state index in [-0.39, 0.29) is 0 Å². The minimum absolute atomic E-state index is 0.556. The van der Waals surface area contributed by atoms with Gasteiger partial charge >= 0.3 is 0 Å². The second-order valence-corrected chi connectivity index (χ2v) is 15.0. The zero-order chi connectivity index (χ0) is 39.3. The normalized spacial score (nSPS) is 11.4. The molecule has 3 heterocycles. The molecule has 0 N–H and O–H groups in total. The van der Waals surface area contributed by atoms with Crippen LogP contribution in [0.2, 0.25) is 0 Å². The number of imidazole rings is 2. The molecule has 7 aromatic carbocycles. The third-order valence-corrected chi connectivity index (χ3v) is 10.7. The zero-order valence-corrected chi connectivity index (χ0v) is 32.7. The van der Waals surface area contributed by atoms with E-state index in [2.05, 4.69) is 188 Å². The van der Waals surface area contributed by atoms with E-state index in [1.54, 1.807) is 0 Å². The molecule has 0 fully saturated rings. The summed E-state index contributed by atoms with van der Waals surface area (Å²) < 4.78 is 4.48. The molecule has 278 valence electrons. The van der Waals surface area contributed by atoms with Crippen LogP contribution in [0.25, 0.3) is 90.4 Å². The molecule has 10 rings (SSSR count). The molecule has 7 nitrogen and oxygen atoms in total. The minimum Gasteiger partial charge on any atom is -0.292 e. The van der Waals surface area contributed by atoms with Crippen molar-refractivity contribution in [3.63, 3.8) is 0 Å².